The van der Waals surface area contributed by atoms with E-state index in [1.54, 1.807) is 0 Å². The van der Waals surface area contributed by atoms with Crippen molar-refractivity contribution < 1.29 is 23.5 Å². The highest BCUT2D eigenvalue weighted by molar-refractivity contribution is 5.74. The molecule has 0 bridgehead atoms. The van der Waals surface area contributed by atoms with E-state index in [2.05, 4.69) is 10.6 Å². The quantitative estimate of drug-likeness (QED) is 0.675. The molecule has 0 saturated carbocycles. The molecule has 2 rings (SSSR count). The van der Waals surface area contributed by atoms with Crippen LogP contribution in [-0.2, 0) is 17.8 Å². The number of hydrogen-bond acceptors (Lipinski definition) is 2. The number of aliphatic carboxylic acids is 1. The number of benzene rings is 2. The summed E-state index contributed by atoms with van der Waals surface area (Å²) in [5.74, 6) is -2.16. The summed E-state index contributed by atoms with van der Waals surface area (Å²) in [7, 11) is 0. The second-order valence-electron chi connectivity index (χ2n) is 5.88. The first-order chi connectivity index (χ1) is 12.4. The number of rotatable bonds is 8. The van der Waals surface area contributed by atoms with Crippen molar-refractivity contribution in [1.82, 2.24) is 10.6 Å². The standard InChI is InChI=1S/C19H20F2N2O3/c20-15-6-8-17(21)14(11-15)12-22-19(26)23-16(7-9-18(24)25)10-13-4-2-1-3-5-13/h1-6,8,11,16H,7,9-10,12H2,(H,24,25)(H2,22,23,26). The van der Waals surface area contributed by atoms with E-state index < -0.39 is 29.7 Å². The third kappa shape index (κ3) is 6.51. The maximum atomic E-state index is 13.6. The van der Waals surface area contributed by atoms with Crippen LogP contribution >= 0.6 is 0 Å². The van der Waals surface area contributed by atoms with Crippen LogP contribution in [0.3, 0.4) is 0 Å². The molecule has 0 radical (unpaired) electrons. The predicted molar refractivity (Wildman–Crippen MR) is 92.5 cm³/mol. The number of carboxylic acids is 1. The van der Waals surface area contributed by atoms with Crippen molar-refractivity contribution in [3.05, 3.63) is 71.3 Å². The van der Waals surface area contributed by atoms with Crippen molar-refractivity contribution in [1.29, 1.82) is 0 Å². The van der Waals surface area contributed by atoms with E-state index in [1.165, 1.54) is 0 Å². The van der Waals surface area contributed by atoms with Gasteiger partial charge in [0.1, 0.15) is 11.6 Å². The molecule has 1 atom stereocenters. The molecule has 0 aromatic heterocycles. The molecule has 0 fully saturated rings. The zero-order valence-electron chi connectivity index (χ0n) is 14.0. The average Bonchev–Trinajstić information content (AvgIpc) is 2.61. The highest BCUT2D eigenvalue weighted by atomic mass is 19.1. The largest absolute Gasteiger partial charge is 0.481 e. The van der Waals surface area contributed by atoms with Crippen molar-refractivity contribution in [2.75, 3.05) is 0 Å². The van der Waals surface area contributed by atoms with Gasteiger partial charge in [0.15, 0.2) is 0 Å². The van der Waals surface area contributed by atoms with Crippen molar-refractivity contribution >= 4 is 12.0 Å². The lowest BCUT2D eigenvalue weighted by molar-refractivity contribution is -0.137. The molecule has 0 heterocycles. The Bertz CT molecular complexity index is 754. The van der Waals surface area contributed by atoms with Crippen LogP contribution in [0.15, 0.2) is 48.5 Å². The lowest BCUT2D eigenvalue weighted by atomic mass is 10.0. The fourth-order valence-corrected chi connectivity index (χ4v) is 2.51. The van der Waals surface area contributed by atoms with Gasteiger partial charge in [-0.25, -0.2) is 13.6 Å². The summed E-state index contributed by atoms with van der Waals surface area (Å²) in [5, 5.41) is 14.0. The molecule has 1 unspecified atom stereocenters. The molecule has 26 heavy (non-hydrogen) atoms. The average molecular weight is 362 g/mol. The van der Waals surface area contributed by atoms with Crippen LogP contribution in [-0.4, -0.2) is 23.1 Å². The normalized spacial score (nSPS) is 11.6. The van der Waals surface area contributed by atoms with Crippen LogP contribution in [0.2, 0.25) is 0 Å². The number of halogens is 2. The first kappa shape index (κ1) is 19.4. The fourth-order valence-electron chi connectivity index (χ4n) is 2.51. The molecule has 0 saturated heterocycles. The molecule has 2 aromatic rings. The Morgan fingerprint density at radius 3 is 2.50 bits per heavy atom. The summed E-state index contributed by atoms with van der Waals surface area (Å²) in [6.07, 6.45) is 0.637. The van der Waals surface area contributed by atoms with Gasteiger partial charge in [-0.3, -0.25) is 4.79 Å². The van der Waals surface area contributed by atoms with Gasteiger partial charge in [-0.1, -0.05) is 30.3 Å². The Hall–Kier alpha value is -2.96. The molecular weight excluding hydrogens is 342 g/mol. The maximum absolute atomic E-state index is 13.6. The van der Waals surface area contributed by atoms with E-state index >= 15 is 0 Å². The highest BCUT2D eigenvalue weighted by Crippen LogP contribution is 2.10. The molecule has 0 aliphatic rings. The lowest BCUT2D eigenvalue weighted by Gasteiger charge is -2.19. The van der Waals surface area contributed by atoms with Crippen LogP contribution in [0.4, 0.5) is 13.6 Å². The second-order valence-corrected chi connectivity index (χ2v) is 5.88. The van der Waals surface area contributed by atoms with Crippen LogP contribution in [0.1, 0.15) is 24.0 Å². The summed E-state index contributed by atoms with van der Waals surface area (Å²) >= 11 is 0. The minimum Gasteiger partial charge on any atom is -0.481 e. The Balaban J connectivity index is 1.93. The zero-order valence-corrected chi connectivity index (χ0v) is 14.0. The smallest absolute Gasteiger partial charge is 0.315 e. The van der Waals surface area contributed by atoms with Crippen molar-refractivity contribution in [3.8, 4) is 0 Å². The first-order valence-electron chi connectivity index (χ1n) is 8.18. The van der Waals surface area contributed by atoms with Crippen molar-refractivity contribution in [2.45, 2.75) is 31.8 Å². The zero-order chi connectivity index (χ0) is 18.9. The van der Waals surface area contributed by atoms with Gasteiger partial charge >= 0.3 is 12.0 Å². The number of nitrogens with one attached hydrogen (secondary N) is 2. The topological polar surface area (TPSA) is 78.4 Å². The summed E-state index contributed by atoms with van der Waals surface area (Å²) in [6.45, 7) is -0.174. The Kier molecular flexibility index (Phi) is 7.08. The van der Waals surface area contributed by atoms with E-state index in [-0.39, 0.29) is 24.9 Å². The number of amides is 2. The van der Waals surface area contributed by atoms with Gasteiger partial charge in [0.05, 0.1) is 0 Å². The van der Waals surface area contributed by atoms with Gasteiger partial charge in [-0.05, 0) is 36.6 Å². The van der Waals surface area contributed by atoms with Crippen molar-refractivity contribution in [3.63, 3.8) is 0 Å². The molecule has 2 aromatic carbocycles. The molecule has 0 aliphatic heterocycles. The minimum atomic E-state index is -0.952. The molecular formula is C19H20F2N2O3. The molecule has 2 amide bonds. The number of carbonyl (C=O) groups excluding carboxylic acids is 1. The van der Waals surface area contributed by atoms with Gasteiger partial charge < -0.3 is 15.7 Å². The SMILES string of the molecule is O=C(O)CCC(Cc1ccccc1)NC(=O)NCc1cc(F)ccc1F. The molecule has 3 N–H and O–H groups in total. The molecule has 5 nitrogen and oxygen atoms in total. The van der Waals surface area contributed by atoms with Gasteiger partial charge in [0.25, 0.3) is 0 Å². The Morgan fingerprint density at radius 1 is 1.08 bits per heavy atom. The monoisotopic (exact) mass is 362 g/mol. The number of hydrogen-bond donors (Lipinski definition) is 3. The van der Waals surface area contributed by atoms with E-state index in [0.29, 0.717) is 6.42 Å². The summed E-state index contributed by atoms with van der Waals surface area (Å²) in [4.78, 5) is 22.9. The van der Waals surface area contributed by atoms with E-state index in [0.717, 1.165) is 23.8 Å². The Labute approximate surface area is 150 Å². The molecule has 138 valence electrons. The van der Waals surface area contributed by atoms with E-state index in [9.17, 15) is 18.4 Å². The van der Waals surface area contributed by atoms with E-state index in [4.69, 9.17) is 5.11 Å². The molecule has 0 aliphatic carbocycles. The predicted octanol–water partition coefficient (Wildman–Crippen LogP) is 3.24. The third-order valence-corrected chi connectivity index (χ3v) is 3.81. The highest BCUT2D eigenvalue weighted by Gasteiger charge is 2.15. The number of urea groups is 1. The molecule has 0 spiro atoms. The van der Waals surface area contributed by atoms with Gasteiger partial charge in [0.2, 0.25) is 0 Å². The van der Waals surface area contributed by atoms with Crippen LogP contribution in [0.5, 0.6) is 0 Å². The van der Waals surface area contributed by atoms with Crippen LogP contribution < -0.4 is 10.6 Å². The summed E-state index contributed by atoms with van der Waals surface area (Å²) < 4.78 is 26.7. The summed E-state index contributed by atoms with van der Waals surface area (Å²) in [6, 6.07) is 11.4. The number of carbonyl (C=O) groups is 2. The minimum absolute atomic E-state index is 0.0327. The van der Waals surface area contributed by atoms with Crippen molar-refractivity contribution in [2.24, 2.45) is 0 Å². The van der Waals surface area contributed by atoms with Gasteiger partial charge in [-0.15, -0.1) is 0 Å². The first-order valence-corrected chi connectivity index (χ1v) is 8.18. The van der Waals surface area contributed by atoms with Crippen LogP contribution in [0.25, 0.3) is 0 Å². The summed E-state index contributed by atoms with van der Waals surface area (Å²) in [5.41, 5.74) is 0.990. The second kappa shape index (κ2) is 9.50. The fraction of sp³-hybridized carbons (Fsp3) is 0.263. The lowest BCUT2D eigenvalue weighted by Crippen LogP contribution is -2.43. The number of carboxylic acid groups (broad SMARTS) is 1. The van der Waals surface area contributed by atoms with E-state index in [1.807, 2.05) is 30.3 Å². The van der Waals surface area contributed by atoms with Gasteiger partial charge in [0, 0.05) is 24.6 Å². The molecule has 7 heteroatoms. The van der Waals surface area contributed by atoms with Crippen LogP contribution in [0, 0.1) is 11.6 Å². The Morgan fingerprint density at radius 2 is 1.81 bits per heavy atom. The van der Waals surface area contributed by atoms with Gasteiger partial charge in [-0.2, -0.15) is 0 Å². The third-order valence-electron chi connectivity index (χ3n) is 3.81. The maximum Gasteiger partial charge on any atom is 0.315 e.